The highest BCUT2D eigenvalue weighted by atomic mass is 16.1. The molecule has 0 aliphatic heterocycles. The molecule has 0 aliphatic carbocycles. The predicted octanol–water partition coefficient (Wildman–Crippen LogP) is 5.88. The lowest BCUT2D eigenvalue weighted by atomic mass is 10.1. The summed E-state index contributed by atoms with van der Waals surface area (Å²) in [5, 5.41) is 3.01. The second-order valence-corrected chi connectivity index (χ2v) is 8.19. The monoisotopic (exact) mass is 385 g/mol. The number of hydrogen-bond donors (Lipinski definition) is 1. The fourth-order valence-electron chi connectivity index (χ4n) is 3.63. The summed E-state index contributed by atoms with van der Waals surface area (Å²) >= 11 is 0. The molecule has 0 radical (unpaired) electrons. The van der Waals surface area contributed by atoms with Gasteiger partial charge in [-0.1, -0.05) is 77.8 Å². The van der Waals surface area contributed by atoms with Crippen LogP contribution in [0.2, 0.25) is 0 Å². The molecule has 2 rings (SSSR count). The number of unbranched alkanes of at least 4 members (excludes halogenated alkanes) is 7. The van der Waals surface area contributed by atoms with Gasteiger partial charge >= 0.3 is 0 Å². The molecule has 1 amide bonds. The van der Waals surface area contributed by atoms with E-state index in [0.29, 0.717) is 0 Å². The molecule has 28 heavy (non-hydrogen) atoms. The third kappa shape index (κ3) is 7.29. The minimum absolute atomic E-state index is 0.0477. The fraction of sp³-hybridized carbons (Fsp3) is 0.667. The molecule has 0 aliphatic rings. The molecule has 0 unspecified atom stereocenters. The number of carbonyl (C=O) groups is 1. The summed E-state index contributed by atoms with van der Waals surface area (Å²) in [5.41, 5.74) is 2.33. The van der Waals surface area contributed by atoms with Crippen molar-refractivity contribution in [1.82, 2.24) is 14.9 Å². The van der Waals surface area contributed by atoms with E-state index in [1.165, 1.54) is 56.9 Å². The van der Waals surface area contributed by atoms with Crippen LogP contribution >= 0.6 is 0 Å². The van der Waals surface area contributed by atoms with Gasteiger partial charge in [0.2, 0.25) is 5.91 Å². The highest BCUT2D eigenvalue weighted by Gasteiger charge is 2.11. The molecule has 0 saturated heterocycles. The summed E-state index contributed by atoms with van der Waals surface area (Å²) in [7, 11) is 0. The number of amides is 1. The van der Waals surface area contributed by atoms with E-state index in [-0.39, 0.29) is 11.8 Å². The van der Waals surface area contributed by atoms with Crippen molar-refractivity contribution in [1.29, 1.82) is 0 Å². The van der Waals surface area contributed by atoms with Crippen LogP contribution in [-0.4, -0.2) is 22.0 Å². The molecule has 4 heteroatoms. The minimum Gasteiger partial charge on any atom is -0.356 e. The Morgan fingerprint density at radius 3 is 2.39 bits per heavy atom. The molecule has 1 aromatic heterocycles. The van der Waals surface area contributed by atoms with E-state index in [0.717, 1.165) is 37.3 Å². The average Bonchev–Trinajstić information content (AvgIpc) is 3.04. The van der Waals surface area contributed by atoms with Gasteiger partial charge in [0.1, 0.15) is 5.82 Å². The van der Waals surface area contributed by atoms with Crippen molar-refractivity contribution >= 4 is 16.9 Å². The second-order valence-electron chi connectivity index (χ2n) is 8.19. The van der Waals surface area contributed by atoms with Crippen LogP contribution in [0.1, 0.15) is 84.4 Å². The minimum atomic E-state index is 0.0477. The van der Waals surface area contributed by atoms with Crippen molar-refractivity contribution in [2.24, 2.45) is 5.92 Å². The summed E-state index contributed by atoms with van der Waals surface area (Å²) in [6.45, 7) is 7.89. The van der Waals surface area contributed by atoms with Crippen molar-refractivity contribution in [2.75, 3.05) is 6.54 Å². The third-order valence-electron chi connectivity index (χ3n) is 5.37. The molecular weight excluding hydrogens is 346 g/mol. The van der Waals surface area contributed by atoms with Crippen LogP contribution in [0.15, 0.2) is 24.3 Å². The van der Waals surface area contributed by atoms with Crippen molar-refractivity contribution in [3.05, 3.63) is 30.1 Å². The highest BCUT2D eigenvalue weighted by molar-refractivity contribution is 5.77. The molecule has 156 valence electrons. The number of aromatic nitrogens is 2. The second kappa shape index (κ2) is 12.6. The molecule has 2 aromatic rings. The molecule has 0 fully saturated rings. The summed E-state index contributed by atoms with van der Waals surface area (Å²) < 4.78 is 2.40. The number of benzene rings is 1. The number of carbonyl (C=O) groups excluding carboxylic acids is 1. The normalized spacial score (nSPS) is 11.4. The molecule has 0 atom stereocenters. The van der Waals surface area contributed by atoms with Crippen LogP contribution in [0.4, 0.5) is 0 Å². The van der Waals surface area contributed by atoms with Crippen LogP contribution < -0.4 is 5.32 Å². The highest BCUT2D eigenvalue weighted by Crippen LogP contribution is 2.19. The summed E-state index contributed by atoms with van der Waals surface area (Å²) in [5.74, 6) is 1.34. The summed E-state index contributed by atoms with van der Waals surface area (Å²) in [6.07, 6.45) is 12.5. The van der Waals surface area contributed by atoms with E-state index in [9.17, 15) is 4.79 Å². The van der Waals surface area contributed by atoms with E-state index in [2.05, 4.69) is 41.1 Å². The van der Waals surface area contributed by atoms with Gasteiger partial charge in [-0.25, -0.2) is 4.98 Å². The standard InChI is InChI=1S/C24H39N3O/c1-4-5-6-7-8-9-10-13-19-27-22-16-12-11-15-21(22)26-23(27)17-14-18-25-24(28)20(2)3/h11-12,15-16,20H,4-10,13-14,17-19H2,1-3H3,(H,25,28). The van der Waals surface area contributed by atoms with E-state index in [1.807, 2.05) is 13.8 Å². The van der Waals surface area contributed by atoms with Gasteiger partial charge in [-0.15, -0.1) is 0 Å². The Hall–Kier alpha value is -1.84. The number of fused-ring (bicyclic) bond motifs is 1. The number of para-hydroxylation sites is 2. The Balaban J connectivity index is 1.83. The topological polar surface area (TPSA) is 46.9 Å². The van der Waals surface area contributed by atoms with Crippen molar-refractivity contribution in [3.8, 4) is 0 Å². The Morgan fingerprint density at radius 1 is 1.00 bits per heavy atom. The lowest BCUT2D eigenvalue weighted by Crippen LogP contribution is -2.28. The van der Waals surface area contributed by atoms with Crippen LogP contribution in [0.25, 0.3) is 11.0 Å². The fourth-order valence-corrected chi connectivity index (χ4v) is 3.63. The Kier molecular flexibility index (Phi) is 10.1. The maximum atomic E-state index is 11.7. The van der Waals surface area contributed by atoms with E-state index in [1.54, 1.807) is 0 Å². The largest absolute Gasteiger partial charge is 0.356 e. The van der Waals surface area contributed by atoms with Gasteiger partial charge in [-0.05, 0) is 25.0 Å². The van der Waals surface area contributed by atoms with Gasteiger partial charge < -0.3 is 9.88 Å². The first-order valence-corrected chi connectivity index (χ1v) is 11.3. The van der Waals surface area contributed by atoms with Crippen LogP contribution in [0.5, 0.6) is 0 Å². The zero-order chi connectivity index (χ0) is 20.2. The van der Waals surface area contributed by atoms with Gasteiger partial charge in [0.25, 0.3) is 0 Å². The van der Waals surface area contributed by atoms with E-state index >= 15 is 0 Å². The molecule has 1 heterocycles. The number of nitrogens with zero attached hydrogens (tertiary/aromatic N) is 2. The number of imidazole rings is 1. The molecule has 0 saturated carbocycles. The third-order valence-corrected chi connectivity index (χ3v) is 5.37. The quantitative estimate of drug-likeness (QED) is 0.413. The van der Waals surface area contributed by atoms with E-state index < -0.39 is 0 Å². The first-order chi connectivity index (χ1) is 13.6. The van der Waals surface area contributed by atoms with Gasteiger partial charge in [0.05, 0.1) is 11.0 Å². The zero-order valence-electron chi connectivity index (χ0n) is 18.2. The van der Waals surface area contributed by atoms with Crippen molar-refractivity contribution < 1.29 is 4.79 Å². The predicted molar refractivity (Wildman–Crippen MR) is 119 cm³/mol. The number of hydrogen-bond acceptors (Lipinski definition) is 2. The Labute approximate surface area is 171 Å². The smallest absolute Gasteiger partial charge is 0.222 e. The molecule has 4 nitrogen and oxygen atoms in total. The van der Waals surface area contributed by atoms with Crippen LogP contribution in [-0.2, 0) is 17.8 Å². The Bertz CT molecular complexity index is 705. The summed E-state index contributed by atoms with van der Waals surface area (Å²) in [6, 6.07) is 8.43. The average molecular weight is 386 g/mol. The summed E-state index contributed by atoms with van der Waals surface area (Å²) in [4.78, 5) is 16.6. The molecule has 0 spiro atoms. The molecule has 1 aromatic carbocycles. The van der Waals surface area contributed by atoms with Gasteiger partial charge in [-0.3, -0.25) is 4.79 Å². The van der Waals surface area contributed by atoms with Crippen LogP contribution in [0.3, 0.4) is 0 Å². The van der Waals surface area contributed by atoms with Crippen LogP contribution in [0, 0.1) is 5.92 Å². The van der Waals surface area contributed by atoms with Crippen molar-refractivity contribution in [3.63, 3.8) is 0 Å². The Morgan fingerprint density at radius 2 is 1.68 bits per heavy atom. The SMILES string of the molecule is CCCCCCCCCCn1c(CCCNC(=O)C(C)C)nc2ccccc21. The lowest BCUT2D eigenvalue weighted by Gasteiger charge is -2.10. The number of nitrogens with one attached hydrogen (secondary N) is 1. The van der Waals surface area contributed by atoms with Gasteiger partial charge in [0.15, 0.2) is 0 Å². The molecular formula is C24H39N3O. The lowest BCUT2D eigenvalue weighted by molar-refractivity contribution is -0.123. The number of aryl methyl sites for hydroxylation is 2. The maximum Gasteiger partial charge on any atom is 0.222 e. The maximum absolute atomic E-state index is 11.7. The van der Waals surface area contributed by atoms with Crippen molar-refractivity contribution in [2.45, 2.75) is 91.5 Å². The molecule has 1 N–H and O–H groups in total. The zero-order valence-corrected chi connectivity index (χ0v) is 18.2. The van der Waals surface area contributed by atoms with Gasteiger partial charge in [-0.2, -0.15) is 0 Å². The number of rotatable bonds is 14. The van der Waals surface area contributed by atoms with E-state index in [4.69, 9.17) is 4.98 Å². The first kappa shape index (κ1) is 22.4. The van der Waals surface area contributed by atoms with Gasteiger partial charge in [0, 0.05) is 25.4 Å². The first-order valence-electron chi connectivity index (χ1n) is 11.3. The molecule has 0 bridgehead atoms.